The van der Waals surface area contributed by atoms with Crippen LogP contribution < -0.4 is 0 Å². The van der Waals surface area contributed by atoms with Crippen LogP contribution in [0.2, 0.25) is 0 Å². The molecule has 2 aliphatic rings. The SMILES string of the molecule is CO[C@@H]1O[C@@H]2CO[C@@H](c3ccccc3)O[C@H]2[C@H](OC(=O)c2ccc([N+](=O)[O-])cc2)[C@H]1OS(C)(=O)=O. The highest BCUT2D eigenvalue weighted by Crippen LogP contribution is 2.37. The van der Waals surface area contributed by atoms with Gasteiger partial charge in [-0.25, -0.2) is 4.79 Å². The first kappa shape index (κ1) is 25.2. The molecular weight excluding hydrogens is 486 g/mol. The molecule has 6 atom stereocenters. The van der Waals surface area contributed by atoms with E-state index in [1.807, 2.05) is 6.07 Å². The molecule has 0 radical (unpaired) electrons. The Bertz CT molecular complexity index is 1160. The van der Waals surface area contributed by atoms with Gasteiger partial charge in [0.25, 0.3) is 15.8 Å². The van der Waals surface area contributed by atoms with Crippen LogP contribution in [-0.4, -0.2) is 70.0 Å². The van der Waals surface area contributed by atoms with Crippen molar-refractivity contribution in [1.29, 1.82) is 0 Å². The highest BCUT2D eigenvalue weighted by Gasteiger charge is 2.54. The fraction of sp³-hybridized carbons (Fsp3) is 0.409. The Labute approximate surface area is 200 Å². The van der Waals surface area contributed by atoms with E-state index in [4.69, 9.17) is 27.9 Å². The van der Waals surface area contributed by atoms with E-state index in [0.29, 0.717) is 5.56 Å². The summed E-state index contributed by atoms with van der Waals surface area (Å²) in [6.07, 6.45) is -5.64. The monoisotopic (exact) mass is 509 g/mol. The van der Waals surface area contributed by atoms with Crippen LogP contribution in [0.5, 0.6) is 0 Å². The Kier molecular flexibility index (Phi) is 7.44. The molecule has 0 aliphatic carbocycles. The van der Waals surface area contributed by atoms with Gasteiger partial charge in [-0.1, -0.05) is 30.3 Å². The van der Waals surface area contributed by atoms with Crippen LogP contribution >= 0.6 is 0 Å². The van der Waals surface area contributed by atoms with Crippen molar-refractivity contribution < 1.29 is 46.0 Å². The van der Waals surface area contributed by atoms with Gasteiger partial charge in [-0.15, -0.1) is 0 Å². The number of esters is 1. The van der Waals surface area contributed by atoms with E-state index < -0.39 is 58.0 Å². The number of nitrogens with zero attached hydrogens (tertiary/aromatic N) is 1. The molecule has 13 heteroatoms. The minimum Gasteiger partial charge on any atom is -0.453 e. The van der Waals surface area contributed by atoms with Crippen molar-refractivity contribution in [3.8, 4) is 0 Å². The summed E-state index contributed by atoms with van der Waals surface area (Å²) in [6, 6.07) is 13.8. The van der Waals surface area contributed by atoms with Gasteiger partial charge in [0.2, 0.25) is 0 Å². The molecule has 0 spiro atoms. The predicted octanol–water partition coefficient (Wildman–Crippen LogP) is 1.95. The maximum atomic E-state index is 13.0. The largest absolute Gasteiger partial charge is 0.453 e. The number of fused-ring (bicyclic) bond motifs is 1. The highest BCUT2D eigenvalue weighted by molar-refractivity contribution is 7.86. The van der Waals surface area contributed by atoms with Crippen molar-refractivity contribution in [2.24, 2.45) is 0 Å². The average molecular weight is 509 g/mol. The van der Waals surface area contributed by atoms with Crippen LogP contribution in [-0.2, 0) is 38.0 Å². The number of methoxy groups -OCH3 is 1. The van der Waals surface area contributed by atoms with E-state index in [1.54, 1.807) is 24.3 Å². The maximum absolute atomic E-state index is 13.0. The van der Waals surface area contributed by atoms with Gasteiger partial charge in [0, 0.05) is 24.8 Å². The molecule has 12 nitrogen and oxygen atoms in total. The lowest BCUT2D eigenvalue weighted by molar-refractivity contribution is -0.384. The maximum Gasteiger partial charge on any atom is 0.338 e. The minimum atomic E-state index is -4.03. The van der Waals surface area contributed by atoms with Gasteiger partial charge >= 0.3 is 5.97 Å². The molecule has 2 saturated heterocycles. The molecule has 2 aromatic rings. The third kappa shape index (κ3) is 5.83. The van der Waals surface area contributed by atoms with Gasteiger partial charge < -0.3 is 23.7 Å². The molecular formula is C22H23NO11S. The summed E-state index contributed by atoms with van der Waals surface area (Å²) >= 11 is 0. The molecule has 2 heterocycles. The van der Waals surface area contributed by atoms with Crippen molar-refractivity contribution in [2.45, 2.75) is 37.0 Å². The summed E-state index contributed by atoms with van der Waals surface area (Å²) in [5.74, 6) is -0.867. The number of carbonyl (C=O) groups is 1. The molecule has 35 heavy (non-hydrogen) atoms. The number of benzene rings is 2. The number of hydrogen-bond donors (Lipinski definition) is 0. The van der Waals surface area contributed by atoms with Crippen LogP contribution in [0, 0.1) is 10.1 Å². The Morgan fingerprint density at radius 2 is 1.74 bits per heavy atom. The second-order valence-electron chi connectivity index (χ2n) is 7.89. The number of ether oxygens (including phenoxy) is 5. The fourth-order valence-corrected chi connectivity index (χ4v) is 4.47. The van der Waals surface area contributed by atoms with Crippen molar-refractivity contribution in [3.63, 3.8) is 0 Å². The number of nitro benzene ring substituents is 1. The molecule has 2 aliphatic heterocycles. The topological polar surface area (TPSA) is 150 Å². The standard InChI is InChI=1S/C22H23NO11S/c1-29-22-19(34-35(2,27)28)18(32-20(24)13-8-10-15(11-9-13)23(25)26)17-16(31-22)12-30-21(33-17)14-6-4-3-5-7-14/h3-11,16-19,21-22H,12H2,1-2H3/t16-,17-,18+,19-,21-,22-/m1/s1. The zero-order valence-electron chi connectivity index (χ0n) is 18.7. The third-order valence-corrected chi connectivity index (χ3v) is 6.00. The van der Waals surface area contributed by atoms with Gasteiger partial charge in [0.1, 0.15) is 12.2 Å². The summed E-state index contributed by atoms with van der Waals surface area (Å²) in [5, 5.41) is 10.9. The molecule has 188 valence electrons. The lowest BCUT2D eigenvalue weighted by atomic mass is 9.97. The zero-order valence-corrected chi connectivity index (χ0v) is 19.5. The van der Waals surface area contributed by atoms with Crippen molar-refractivity contribution in [1.82, 2.24) is 0 Å². The normalized spacial score (nSPS) is 28.6. The van der Waals surface area contributed by atoms with Crippen LogP contribution in [0.15, 0.2) is 54.6 Å². The number of non-ortho nitro benzene ring substituents is 1. The third-order valence-electron chi connectivity index (χ3n) is 5.43. The first-order valence-corrected chi connectivity index (χ1v) is 12.3. The number of carbonyl (C=O) groups excluding carboxylic acids is 1. The predicted molar refractivity (Wildman–Crippen MR) is 118 cm³/mol. The van der Waals surface area contributed by atoms with E-state index in [1.165, 1.54) is 19.2 Å². The van der Waals surface area contributed by atoms with Crippen LogP contribution in [0.1, 0.15) is 22.2 Å². The smallest absolute Gasteiger partial charge is 0.338 e. The first-order chi connectivity index (χ1) is 16.7. The lowest BCUT2D eigenvalue weighted by Crippen LogP contribution is -2.64. The van der Waals surface area contributed by atoms with Gasteiger partial charge in [-0.3, -0.25) is 14.3 Å². The molecule has 0 amide bonds. The second-order valence-corrected chi connectivity index (χ2v) is 9.49. The summed E-state index contributed by atoms with van der Waals surface area (Å²) < 4.78 is 57.8. The number of nitro groups is 1. The Balaban J connectivity index is 1.64. The van der Waals surface area contributed by atoms with Crippen molar-refractivity contribution in [3.05, 3.63) is 75.8 Å². The molecule has 2 fully saturated rings. The fourth-order valence-electron chi connectivity index (χ4n) is 3.87. The van der Waals surface area contributed by atoms with E-state index in [2.05, 4.69) is 0 Å². The van der Waals surface area contributed by atoms with Crippen molar-refractivity contribution in [2.75, 3.05) is 20.0 Å². The first-order valence-electron chi connectivity index (χ1n) is 10.5. The Morgan fingerprint density at radius 3 is 2.34 bits per heavy atom. The number of hydrogen-bond acceptors (Lipinski definition) is 11. The number of rotatable bonds is 7. The molecule has 0 unspecified atom stereocenters. The average Bonchev–Trinajstić information content (AvgIpc) is 2.84. The second kappa shape index (κ2) is 10.4. The molecule has 0 saturated carbocycles. The summed E-state index contributed by atoms with van der Waals surface area (Å²) in [6.45, 7) is 0.0429. The van der Waals surface area contributed by atoms with Gasteiger partial charge in [0.05, 0.1) is 23.3 Å². The molecule has 4 rings (SSSR count). The van der Waals surface area contributed by atoms with E-state index in [-0.39, 0.29) is 17.9 Å². The van der Waals surface area contributed by atoms with Gasteiger partial charge in [0.15, 0.2) is 24.8 Å². The van der Waals surface area contributed by atoms with Gasteiger partial charge in [-0.2, -0.15) is 8.42 Å². The minimum absolute atomic E-state index is 0.0115. The Hall–Kier alpha value is -2.94. The zero-order chi connectivity index (χ0) is 25.2. The van der Waals surface area contributed by atoms with E-state index >= 15 is 0 Å². The van der Waals surface area contributed by atoms with Crippen LogP contribution in [0.4, 0.5) is 5.69 Å². The highest BCUT2D eigenvalue weighted by atomic mass is 32.2. The summed E-state index contributed by atoms with van der Waals surface area (Å²) in [5.41, 5.74) is 0.502. The lowest BCUT2D eigenvalue weighted by Gasteiger charge is -2.47. The molecule has 2 aromatic carbocycles. The molecule has 0 bridgehead atoms. The van der Waals surface area contributed by atoms with Crippen LogP contribution in [0.25, 0.3) is 0 Å². The summed E-state index contributed by atoms with van der Waals surface area (Å²) in [7, 11) is -2.74. The van der Waals surface area contributed by atoms with E-state index in [0.717, 1.165) is 18.4 Å². The Morgan fingerprint density at radius 1 is 1.06 bits per heavy atom. The molecule has 0 aromatic heterocycles. The van der Waals surface area contributed by atoms with Crippen molar-refractivity contribution >= 4 is 21.8 Å². The quantitative estimate of drug-likeness (QED) is 0.233. The molecule has 0 N–H and O–H groups in total. The van der Waals surface area contributed by atoms with Gasteiger partial charge in [-0.05, 0) is 12.1 Å². The van der Waals surface area contributed by atoms with E-state index in [9.17, 15) is 23.3 Å². The van der Waals surface area contributed by atoms with Crippen LogP contribution in [0.3, 0.4) is 0 Å². The summed E-state index contributed by atoms with van der Waals surface area (Å²) in [4.78, 5) is 23.3.